The SMILES string of the molecule is COCC(OC(N)=O)c1cc(N)ncn1. The number of ether oxygens (including phenoxy) is 2. The topological polar surface area (TPSA) is 113 Å². The van der Waals surface area contributed by atoms with Crippen LogP contribution in [0.3, 0.4) is 0 Å². The zero-order valence-corrected chi connectivity index (χ0v) is 8.21. The van der Waals surface area contributed by atoms with Crippen LogP contribution in [0, 0.1) is 0 Å². The Morgan fingerprint density at radius 1 is 1.60 bits per heavy atom. The van der Waals surface area contributed by atoms with Crippen LogP contribution < -0.4 is 11.5 Å². The van der Waals surface area contributed by atoms with Gasteiger partial charge in [0.2, 0.25) is 0 Å². The average molecular weight is 212 g/mol. The second kappa shape index (κ2) is 5.11. The predicted octanol–water partition coefficient (Wildman–Crippen LogP) is -0.158. The molecule has 1 atom stereocenters. The summed E-state index contributed by atoms with van der Waals surface area (Å²) in [6, 6.07) is 1.49. The third-order valence-corrected chi connectivity index (χ3v) is 1.62. The molecule has 7 nitrogen and oxygen atoms in total. The van der Waals surface area contributed by atoms with Crippen LogP contribution in [-0.4, -0.2) is 29.8 Å². The molecule has 0 fully saturated rings. The minimum Gasteiger partial charge on any atom is -0.437 e. The largest absolute Gasteiger partial charge is 0.437 e. The highest BCUT2D eigenvalue weighted by Gasteiger charge is 2.16. The maximum Gasteiger partial charge on any atom is 0.405 e. The van der Waals surface area contributed by atoms with Gasteiger partial charge in [0.05, 0.1) is 12.3 Å². The van der Waals surface area contributed by atoms with Crippen LogP contribution in [0.25, 0.3) is 0 Å². The lowest BCUT2D eigenvalue weighted by Gasteiger charge is -2.14. The van der Waals surface area contributed by atoms with Gasteiger partial charge in [0.25, 0.3) is 0 Å². The van der Waals surface area contributed by atoms with E-state index in [0.29, 0.717) is 5.69 Å². The van der Waals surface area contributed by atoms with Crippen LogP contribution in [0.1, 0.15) is 11.8 Å². The Labute approximate surface area is 86.4 Å². The lowest BCUT2D eigenvalue weighted by atomic mass is 10.2. The van der Waals surface area contributed by atoms with Gasteiger partial charge in [-0.15, -0.1) is 0 Å². The van der Waals surface area contributed by atoms with Crippen LogP contribution in [0.2, 0.25) is 0 Å². The van der Waals surface area contributed by atoms with E-state index in [2.05, 4.69) is 9.97 Å². The molecule has 0 spiro atoms. The normalized spacial score (nSPS) is 12.1. The van der Waals surface area contributed by atoms with Gasteiger partial charge >= 0.3 is 6.09 Å². The second-order valence-corrected chi connectivity index (χ2v) is 2.75. The van der Waals surface area contributed by atoms with Crippen molar-refractivity contribution < 1.29 is 14.3 Å². The average Bonchev–Trinajstić information content (AvgIpc) is 2.16. The molecule has 1 aromatic heterocycles. The van der Waals surface area contributed by atoms with Gasteiger partial charge < -0.3 is 20.9 Å². The quantitative estimate of drug-likeness (QED) is 0.716. The van der Waals surface area contributed by atoms with E-state index in [-0.39, 0.29) is 12.4 Å². The molecule has 0 aliphatic heterocycles. The summed E-state index contributed by atoms with van der Waals surface area (Å²) in [4.78, 5) is 18.2. The fourth-order valence-electron chi connectivity index (χ4n) is 1.04. The molecule has 0 aliphatic rings. The summed E-state index contributed by atoms with van der Waals surface area (Å²) in [5, 5.41) is 0. The first-order valence-electron chi connectivity index (χ1n) is 4.16. The first kappa shape index (κ1) is 11.2. The highest BCUT2D eigenvalue weighted by Crippen LogP contribution is 2.16. The standard InChI is InChI=1S/C8H12N4O3/c1-14-3-6(15-8(10)13)5-2-7(9)12-4-11-5/h2,4,6H,3H2,1H3,(H2,10,13)(H2,9,11,12). The Hall–Kier alpha value is -1.89. The number of nitrogen functional groups attached to an aromatic ring is 1. The molecule has 1 unspecified atom stereocenters. The highest BCUT2D eigenvalue weighted by atomic mass is 16.6. The minimum atomic E-state index is -0.894. The van der Waals surface area contributed by atoms with Crippen LogP contribution in [0.15, 0.2) is 12.4 Å². The third kappa shape index (κ3) is 3.39. The monoisotopic (exact) mass is 212 g/mol. The first-order chi connectivity index (χ1) is 7.13. The summed E-state index contributed by atoms with van der Waals surface area (Å²) in [6.07, 6.45) is -0.287. The number of nitrogens with two attached hydrogens (primary N) is 2. The summed E-state index contributed by atoms with van der Waals surface area (Å²) in [7, 11) is 1.47. The summed E-state index contributed by atoms with van der Waals surface area (Å²) in [5.74, 6) is 0.286. The van der Waals surface area contributed by atoms with Gasteiger partial charge in [0.1, 0.15) is 12.1 Å². The van der Waals surface area contributed by atoms with Crippen LogP contribution in [0.4, 0.5) is 10.6 Å². The number of hydrogen-bond donors (Lipinski definition) is 2. The number of hydrogen-bond acceptors (Lipinski definition) is 6. The summed E-state index contributed by atoms with van der Waals surface area (Å²) in [5.41, 5.74) is 10.8. The van der Waals surface area contributed by atoms with Crippen molar-refractivity contribution in [2.75, 3.05) is 19.5 Å². The number of carbonyl (C=O) groups excluding carboxylic acids is 1. The number of aromatic nitrogens is 2. The van der Waals surface area contributed by atoms with Crippen LogP contribution in [-0.2, 0) is 9.47 Å². The van der Waals surface area contributed by atoms with Crippen molar-refractivity contribution in [3.63, 3.8) is 0 Å². The molecular weight excluding hydrogens is 200 g/mol. The zero-order valence-electron chi connectivity index (χ0n) is 8.21. The van der Waals surface area contributed by atoms with Crippen molar-refractivity contribution in [3.05, 3.63) is 18.1 Å². The molecule has 1 amide bonds. The van der Waals surface area contributed by atoms with Gasteiger partial charge in [-0.05, 0) is 0 Å². The fourth-order valence-corrected chi connectivity index (χ4v) is 1.04. The number of primary amides is 1. The van der Waals surface area contributed by atoms with Crippen molar-refractivity contribution in [1.82, 2.24) is 9.97 Å². The van der Waals surface area contributed by atoms with Gasteiger partial charge in [0.15, 0.2) is 6.10 Å². The van der Waals surface area contributed by atoms with Crippen molar-refractivity contribution >= 4 is 11.9 Å². The molecule has 0 aromatic carbocycles. The molecule has 82 valence electrons. The van der Waals surface area contributed by atoms with E-state index in [1.165, 1.54) is 19.5 Å². The minimum absolute atomic E-state index is 0.152. The maximum atomic E-state index is 10.6. The van der Waals surface area contributed by atoms with Crippen LogP contribution in [0.5, 0.6) is 0 Å². The van der Waals surface area contributed by atoms with Crippen molar-refractivity contribution in [3.8, 4) is 0 Å². The number of rotatable bonds is 4. The lowest BCUT2D eigenvalue weighted by Crippen LogP contribution is -2.21. The van der Waals surface area contributed by atoms with E-state index >= 15 is 0 Å². The lowest BCUT2D eigenvalue weighted by molar-refractivity contribution is 0.0410. The van der Waals surface area contributed by atoms with Crippen molar-refractivity contribution in [1.29, 1.82) is 0 Å². The van der Waals surface area contributed by atoms with E-state index in [1.54, 1.807) is 0 Å². The molecule has 0 aliphatic carbocycles. The van der Waals surface area contributed by atoms with E-state index in [9.17, 15) is 4.79 Å². The zero-order chi connectivity index (χ0) is 11.3. The van der Waals surface area contributed by atoms with E-state index in [4.69, 9.17) is 20.9 Å². The molecule has 0 saturated carbocycles. The van der Waals surface area contributed by atoms with Gasteiger partial charge in [-0.25, -0.2) is 14.8 Å². The molecule has 15 heavy (non-hydrogen) atoms. The van der Waals surface area contributed by atoms with Crippen LogP contribution >= 0.6 is 0 Å². The first-order valence-corrected chi connectivity index (χ1v) is 4.16. The molecule has 1 heterocycles. The molecule has 1 rings (SSSR count). The van der Waals surface area contributed by atoms with E-state index in [0.717, 1.165) is 0 Å². The van der Waals surface area contributed by atoms with Crippen molar-refractivity contribution in [2.24, 2.45) is 5.73 Å². The summed E-state index contributed by atoms with van der Waals surface area (Å²) >= 11 is 0. The highest BCUT2D eigenvalue weighted by molar-refractivity contribution is 5.65. The molecular formula is C8H12N4O3. The number of carbonyl (C=O) groups is 1. The number of nitrogens with zero attached hydrogens (tertiary/aromatic N) is 2. The molecule has 0 bridgehead atoms. The molecule has 0 radical (unpaired) electrons. The number of amides is 1. The molecule has 0 saturated heterocycles. The Kier molecular flexibility index (Phi) is 3.81. The number of methoxy groups -OCH3 is 1. The Morgan fingerprint density at radius 3 is 2.87 bits per heavy atom. The Morgan fingerprint density at radius 2 is 2.33 bits per heavy atom. The Bertz CT molecular complexity index is 344. The molecule has 4 N–H and O–H groups in total. The third-order valence-electron chi connectivity index (χ3n) is 1.62. The summed E-state index contributed by atoms with van der Waals surface area (Å²) < 4.78 is 9.66. The van der Waals surface area contributed by atoms with Crippen molar-refractivity contribution in [2.45, 2.75) is 6.10 Å². The van der Waals surface area contributed by atoms with Gasteiger partial charge in [-0.1, -0.05) is 0 Å². The van der Waals surface area contributed by atoms with E-state index < -0.39 is 12.2 Å². The number of anilines is 1. The summed E-state index contributed by atoms with van der Waals surface area (Å²) in [6.45, 7) is 0.152. The second-order valence-electron chi connectivity index (χ2n) is 2.75. The fraction of sp³-hybridized carbons (Fsp3) is 0.375. The van der Waals surface area contributed by atoms with Gasteiger partial charge in [-0.3, -0.25) is 0 Å². The van der Waals surface area contributed by atoms with Gasteiger partial charge in [-0.2, -0.15) is 0 Å². The van der Waals surface area contributed by atoms with Gasteiger partial charge in [0, 0.05) is 13.2 Å². The molecule has 1 aromatic rings. The predicted molar refractivity (Wildman–Crippen MR) is 51.7 cm³/mol. The maximum absolute atomic E-state index is 10.6. The Balaban J connectivity index is 2.83. The van der Waals surface area contributed by atoms with E-state index in [1.807, 2.05) is 0 Å². The smallest absolute Gasteiger partial charge is 0.405 e. The molecule has 7 heteroatoms.